The Hall–Kier alpha value is -1.89. The third-order valence-electron chi connectivity index (χ3n) is 3.27. The van der Waals surface area contributed by atoms with Crippen molar-refractivity contribution < 1.29 is 13.9 Å². The Balaban J connectivity index is 2.32. The topological polar surface area (TPSA) is 50.1 Å². The van der Waals surface area contributed by atoms with Crippen molar-refractivity contribution in [2.45, 2.75) is 19.3 Å². The van der Waals surface area contributed by atoms with E-state index in [-0.39, 0.29) is 17.1 Å². The summed E-state index contributed by atoms with van der Waals surface area (Å²) in [4.78, 5) is 12.1. The number of ether oxygens (including phenoxy) is 1. The number of hydrogen-bond donors (Lipinski definition) is 0. The minimum atomic E-state index is -0.930. The van der Waals surface area contributed by atoms with Crippen molar-refractivity contribution >= 4 is 5.78 Å². The summed E-state index contributed by atoms with van der Waals surface area (Å²) in [5.41, 5.74) is -0.689. The van der Waals surface area contributed by atoms with Gasteiger partial charge >= 0.3 is 0 Å². The maximum absolute atomic E-state index is 13.5. The van der Waals surface area contributed by atoms with E-state index in [0.717, 1.165) is 12.5 Å². The Morgan fingerprint density at radius 1 is 1.53 bits per heavy atom. The molecule has 0 heterocycles. The molecule has 0 radical (unpaired) electrons. The predicted molar refractivity (Wildman–Crippen MR) is 59.2 cm³/mol. The third kappa shape index (κ3) is 1.78. The highest BCUT2D eigenvalue weighted by Crippen LogP contribution is 2.43. The van der Waals surface area contributed by atoms with Gasteiger partial charge in [0, 0.05) is 5.56 Å². The van der Waals surface area contributed by atoms with E-state index in [2.05, 4.69) is 6.07 Å². The summed E-state index contributed by atoms with van der Waals surface area (Å²) in [6.45, 7) is 0. The van der Waals surface area contributed by atoms with E-state index in [4.69, 9.17) is 10.00 Å². The molecule has 1 aromatic carbocycles. The van der Waals surface area contributed by atoms with Crippen LogP contribution in [0.15, 0.2) is 18.2 Å². The van der Waals surface area contributed by atoms with Gasteiger partial charge in [0.2, 0.25) is 0 Å². The first-order chi connectivity index (χ1) is 8.13. The van der Waals surface area contributed by atoms with Crippen LogP contribution in [0.1, 0.15) is 29.6 Å². The Morgan fingerprint density at radius 2 is 2.24 bits per heavy atom. The number of rotatable bonds is 3. The molecule has 1 fully saturated rings. The smallest absolute Gasteiger partial charge is 0.183 e. The molecular formula is C13H12FNO2. The van der Waals surface area contributed by atoms with Gasteiger partial charge in [-0.05, 0) is 37.5 Å². The van der Waals surface area contributed by atoms with E-state index >= 15 is 0 Å². The number of nitriles is 1. The highest BCUT2D eigenvalue weighted by atomic mass is 19.1. The molecule has 0 bridgehead atoms. The molecule has 2 rings (SSSR count). The fourth-order valence-corrected chi connectivity index (χ4v) is 2.00. The van der Waals surface area contributed by atoms with E-state index in [0.29, 0.717) is 12.8 Å². The second-order valence-electron chi connectivity index (χ2n) is 4.23. The Labute approximate surface area is 98.8 Å². The highest BCUT2D eigenvalue weighted by Gasteiger charge is 2.44. The normalized spacial score (nSPS) is 16.8. The van der Waals surface area contributed by atoms with E-state index < -0.39 is 11.2 Å². The lowest BCUT2D eigenvalue weighted by Crippen LogP contribution is -2.36. The van der Waals surface area contributed by atoms with Crippen molar-refractivity contribution in [2.75, 3.05) is 7.11 Å². The lowest BCUT2D eigenvalue weighted by molar-refractivity contribution is 0.0748. The first-order valence-electron chi connectivity index (χ1n) is 5.42. The van der Waals surface area contributed by atoms with Gasteiger partial charge in [0.1, 0.15) is 5.41 Å². The van der Waals surface area contributed by atoms with Crippen molar-refractivity contribution in [3.8, 4) is 11.8 Å². The van der Waals surface area contributed by atoms with Crippen molar-refractivity contribution in [3.63, 3.8) is 0 Å². The van der Waals surface area contributed by atoms with Crippen LogP contribution in [-0.2, 0) is 0 Å². The first kappa shape index (κ1) is 11.6. The van der Waals surface area contributed by atoms with Gasteiger partial charge < -0.3 is 4.74 Å². The summed E-state index contributed by atoms with van der Waals surface area (Å²) in [6.07, 6.45) is 2.00. The van der Waals surface area contributed by atoms with Gasteiger partial charge in [0.25, 0.3) is 0 Å². The average Bonchev–Trinajstić information content (AvgIpc) is 2.28. The molecule has 0 saturated heterocycles. The zero-order valence-corrected chi connectivity index (χ0v) is 9.50. The van der Waals surface area contributed by atoms with Crippen molar-refractivity contribution in [1.82, 2.24) is 0 Å². The molecule has 4 heteroatoms. The molecule has 0 spiro atoms. The van der Waals surface area contributed by atoms with Gasteiger partial charge in [0.05, 0.1) is 13.2 Å². The number of Topliss-reactive ketones (excluding diaryl/α,β-unsaturated/α-hetero) is 1. The number of benzene rings is 1. The summed E-state index contributed by atoms with van der Waals surface area (Å²) < 4.78 is 18.2. The molecule has 0 amide bonds. The van der Waals surface area contributed by atoms with Crippen molar-refractivity contribution in [3.05, 3.63) is 29.6 Å². The molecule has 88 valence electrons. The highest BCUT2D eigenvalue weighted by molar-refractivity contribution is 6.03. The van der Waals surface area contributed by atoms with Gasteiger partial charge in [-0.25, -0.2) is 4.39 Å². The number of carbonyl (C=O) groups excluding carboxylic acids is 1. The fraction of sp³-hybridized carbons (Fsp3) is 0.385. The molecule has 0 unspecified atom stereocenters. The maximum Gasteiger partial charge on any atom is 0.183 e. The van der Waals surface area contributed by atoms with Crippen LogP contribution in [0.25, 0.3) is 0 Å². The largest absolute Gasteiger partial charge is 0.494 e. The minimum absolute atomic E-state index is 0.0983. The lowest BCUT2D eigenvalue weighted by atomic mass is 9.65. The van der Waals surface area contributed by atoms with Crippen LogP contribution in [0.3, 0.4) is 0 Å². The van der Waals surface area contributed by atoms with Crippen LogP contribution < -0.4 is 4.74 Å². The zero-order chi connectivity index (χ0) is 12.5. The summed E-state index contributed by atoms with van der Waals surface area (Å²) in [5, 5.41) is 9.05. The summed E-state index contributed by atoms with van der Waals surface area (Å²) >= 11 is 0. The van der Waals surface area contributed by atoms with Crippen LogP contribution in [0, 0.1) is 22.6 Å². The molecular weight excluding hydrogens is 221 g/mol. The quantitative estimate of drug-likeness (QED) is 0.754. The Kier molecular flexibility index (Phi) is 2.84. The van der Waals surface area contributed by atoms with E-state index in [1.54, 1.807) is 0 Å². The van der Waals surface area contributed by atoms with Crippen LogP contribution in [-0.4, -0.2) is 12.9 Å². The number of hydrogen-bond acceptors (Lipinski definition) is 3. The van der Waals surface area contributed by atoms with Gasteiger partial charge in [-0.1, -0.05) is 0 Å². The number of ketones is 1. The minimum Gasteiger partial charge on any atom is -0.494 e. The van der Waals surface area contributed by atoms with E-state index in [9.17, 15) is 9.18 Å². The van der Waals surface area contributed by atoms with Gasteiger partial charge in [0.15, 0.2) is 17.3 Å². The zero-order valence-electron chi connectivity index (χ0n) is 9.50. The van der Waals surface area contributed by atoms with Crippen molar-refractivity contribution in [2.24, 2.45) is 5.41 Å². The maximum atomic E-state index is 13.5. The number of nitrogens with zero attached hydrogens (tertiary/aromatic N) is 1. The SMILES string of the molecule is COc1ccc(C(=O)C2(C#N)CCC2)cc1F. The summed E-state index contributed by atoms with van der Waals surface area (Å²) in [6, 6.07) is 6.11. The molecule has 1 saturated carbocycles. The monoisotopic (exact) mass is 233 g/mol. The Morgan fingerprint density at radius 3 is 2.65 bits per heavy atom. The fourth-order valence-electron chi connectivity index (χ4n) is 2.00. The number of halogens is 1. The second-order valence-corrected chi connectivity index (χ2v) is 4.23. The molecule has 1 aliphatic rings. The standard InChI is InChI=1S/C13H12FNO2/c1-17-11-4-3-9(7-10(11)14)12(16)13(8-15)5-2-6-13/h3-4,7H,2,5-6H2,1H3. The summed E-state index contributed by atoms with van der Waals surface area (Å²) in [7, 11) is 1.36. The molecule has 0 aromatic heterocycles. The molecule has 3 nitrogen and oxygen atoms in total. The lowest BCUT2D eigenvalue weighted by Gasteiger charge is -2.33. The van der Waals surface area contributed by atoms with Gasteiger partial charge in [-0.2, -0.15) is 5.26 Å². The second kappa shape index (κ2) is 4.17. The van der Waals surface area contributed by atoms with Crippen LogP contribution in [0.2, 0.25) is 0 Å². The molecule has 1 aliphatic carbocycles. The average molecular weight is 233 g/mol. The molecule has 0 atom stereocenters. The van der Waals surface area contributed by atoms with E-state index in [1.807, 2.05) is 0 Å². The number of carbonyl (C=O) groups is 1. The molecule has 0 N–H and O–H groups in total. The number of methoxy groups -OCH3 is 1. The van der Waals surface area contributed by atoms with Crippen LogP contribution in [0.4, 0.5) is 4.39 Å². The van der Waals surface area contributed by atoms with Crippen molar-refractivity contribution in [1.29, 1.82) is 5.26 Å². The summed E-state index contributed by atoms with van der Waals surface area (Å²) in [5.74, 6) is -0.764. The molecule has 0 aliphatic heterocycles. The predicted octanol–water partition coefficient (Wildman–Crippen LogP) is 2.71. The van der Waals surface area contributed by atoms with Gasteiger partial charge in [-0.3, -0.25) is 4.79 Å². The Bertz CT molecular complexity index is 501. The molecule has 17 heavy (non-hydrogen) atoms. The van der Waals surface area contributed by atoms with E-state index in [1.165, 1.54) is 19.2 Å². The van der Waals surface area contributed by atoms with Gasteiger partial charge in [-0.15, -0.1) is 0 Å². The first-order valence-corrected chi connectivity index (χ1v) is 5.42. The third-order valence-corrected chi connectivity index (χ3v) is 3.27. The van der Waals surface area contributed by atoms with Crippen LogP contribution in [0.5, 0.6) is 5.75 Å². The van der Waals surface area contributed by atoms with Crippen LogP contribution >= 0.6 is 0 Å². The molecule has 1 aromatic rings.